The minimum Gasteiger partial charge on any atom is -0.366 e. The van der Waals surface area contributed by atoms with Crippen LogP contribution in [0.3, 0.4) is 0 Å². The second-order valence-electron chi connectivity index (χ2n) is 6.78. The van der Waals surface area contributed by atoms with Crippen molar-refractivity contribution in [2.24, 2.45) is 11.7 Å². The van der Waals surface area contributed by atoms with Crippen LogP contribution in [0.5, 0.6) is 0 Å². The number of nitrogens with zero attached hydrogens (tertiary/aromatic N) is 2. The van der Waals surface area contributed by atoms with Gasteiger partial charge in [0.1, 0.15) is 6.61 Å². The summed E-state index contributed by atoms with van der Waals surface area (Å²) in [6.45, 7) is 13.6. The smallest absolute Gasteiger partial charge is 0.248 e. The lowest BCUT2D eigenvalue weighted by Crippen LogP contribution is -2.39. The van der Waals surface area contributed by atoms with E-state index in [1.54, 1.807) is 0 Å². The van der Waals surface area contributed by atoms with Gasteiger partial charge in [-0.05, 0) is 46.2 Å². The van der Waals surface area contributed by atoms with Crippen molar-refractivity contribution >= 4 is 5.91 Å². The first-order valence-corrected chi connectivity index (χ1v) is 7.66. The van der Waals surface area contributed by atoms with Gasteiger partial charge in [-0.15, -0.1) is 0 Å². The minimum atomic E-state index is -0.260. The van der Waals surface area contributed by atoms with Crippen molar-refractivity contribution in [2.75, 3.05) is 45.9 Å². The largest absolute Gasteiger partial charge is 0.366 e. The zero-order chi connectivity index (χ0) is 15.2. The molecular formula is C15H31N3O2. The zero-order valence-corrected chi connectivity index (χ0v) is 13.5. The van der Waals surface area contributed by atoms with Gasteiger partial charge in [0.15, 0.2) is 0 Å². The highest BCUT2D eigenvalue weighted by atomic mass is 16.5. The molecule has 5 nitrogen and oxygen atoms in total. The molecule has 0 aliphatic carbocycles. The molecule has 0 radical (unpaired) electrons. The van der Waals surface area contributed by atoms with Gasteiger partial charge in [-0.25, -0.2) is 0 Å². The van der Waals surface area contributed by atoms with E-state index in [0.717, 1.165) is 45.7 Å². The molecule has 1 aliphatic heterocycles. The van der Waals surface area contributed by atoms with Crippen LogP contribution in [0.4, 0.5) is 0 Å². The molecular weight excluding hydrogens is 254 g/mol. The molecule has 0 bridgehead atoms. The Morgan fingerprint density at radius 1 is 1.25 bits per heavy atom. The summed E-state index contributed by atoms with van der Waals surface area (Å²) in [5.41, 5.74) is 5.42. The summed E-state index contributed by atoms with van der Waals surface area (Å²) < 4.78 is 5.57. The lowest BCUT2D eigenvalue weighted by atomic mass is 10.1. The van der Waals surface area contributed by atoms with Gasteiger partial charge in [0.25, 0.3) is 0 Å². The summed E-state index contributed by atoms with van der Waals surface area (Å²) in [6.07, 6.45) is 1.03. The van der Waals surface area contributed by atoms with E-state index in [-0.39, 0.29) is 18.1 Å². The van der Waals surface area contributed by atoms with Crippen LogP contribution < -0.4 is 5.73 Å². The van der Waals surface area contributed by atoms with Crippen LogP contribution in [-0.2, 0) is 9.53 Å². The number of carbonyl (C=O) groups is 1. The average Bonchev–Trinajstić information content (AvgIpc) is 2.60. The first-order chi connectivity index (χ1) is 9.31. The van der Waals surface area contributed by atoms with E-state index in [1.165, 1.54) is 0 Å². The molecule has 0 saturated carbocycles. The van der Waals surface area contributed by atoms with E-state index < -0.39 is 0 Å². The van der Waals surface area contributed by atoms with Crippen LogP contribution in [0.2, 0.25) is 0 Å². The minimum absolute atomic E-state index is 0.105. The number of hydrogen-bond donors (Lipinski definition) is 1. The third-order valence-corrected chi connectivity index (χ3v) is 3.54. The van der Waals surface area contributed by atoms with Gasteiger partial charge in [0.2, 0.25) is 5.91 Å². The molecule has 1 amide bonds. The van der Waals surface area contributed by atoms with Crippen molar-refractivity contribution in [3.05, 3.63) is 0 Å². The first-order valence-electron chi connectivity index (χ1n) is 7.66. The summed E-state index contributed by atoms with van der Waals surface area (Å²) >= 11 is 0. The molecule has 20 heavy (non-hydrogen) atoms. The zero-order valence-electron chi connectivity index (χ0n) is 13.5. The maximum Gasteiger partial charge on any atom is 0.248 e. The Bertz CT molecular complexity index is 302. The van der Waals surface area contributed by atoms with Crippen LogP contribution >= 0.6 is 0 Å². The number of hydrogen-bond acceptors (Lipinski definition) is 4. The number of amides is 1. The standard InChI is InChI=1S/C15H31N3O2/c1-13(10-16)11-17-6-5-7-18(9-8-17)14(19)12-20-15(2,3)4/h13H,5-12,16H2,1-4H3. The van der Waals surface area contributed by atoms with Gasteiger partial charge in [0.05, 0.1) is 5.60 Å². The molecule has 0 aromatic rings. The van der Waals surface area contributed by atoms with E-state index >= 15 is 0 Å². The van der Waals surface area contributed by atoms with Gasteiger partial charge in [-0.2, -0.15) is 0 Å². The molecule has 2 N–H and O–H groups in total. The van der Waals surface area contributed by atoms with Gasteiger partial charge in [-0.1, -0.05) is 6.92 Å². The van der Waals surface area contributed by atoms with Crippen LogP contribution in [0.15, 0.2) is 0 Å². The number of nitrogens with two attached hydrogens (primary N) is 1. The number of carbonyl (C=O) groups excluding carboxylic acids is 1. The Hall–Kier alpha value is -0.650. The van der Waals surface area contributed by atoms with Crippen LogP contribution in [-0.4, -0.2) is 67.2 Å². The average molecular weight is 285 g/mol. The fourth-order valence-corrected chi connectivity index (χ4v) is 2.29. The molecule has 0 aromatic carbocycles. The molecule has 5 heteroatoms. The molecule has 1 atom stereocenters. The summed E-state index contributed by atoms with van der Waals surface area (Å²) in [6, 6.07) is 0. The molecule has 1 saturated heterocycles. The van der Waals surface area contributed by atoms with Gasteiger partial charge >= 0.3 is 0 Å². The van der Waals surface area contributed by atoms with Crippen LogP contribution in [0.25, 0.3) is 0 Å². The molecule has 0 spiro atoms. The third kappa shape index (κ3) is 6.68. The normalized spacial score (nSPS) is 19.8. The molecule has 1 rings (SSSR count). The predicted molar refractivity (Wildman–Crippen MR) is 81.6 cm³/mol. The quantitative estimate of drug-likeness (QED) is 0.816. The second-order valence-corrected chi connectivity index (χ2v) is 6.78. The Morgan fingerprint density at radius 3 is 2.55 bits per heavy atom. The van der Waals surface area contributed by atoms with Crippen molar-refractivity contribution in [3.63, 3.8) is 0 Å². The Morgan fingerprint density at radius 2 is 1.95 bits per heavy atom. The number of rotatable bonds is 5. The lowest BCUT2D eigenvalue weighted by molar-refractivity contribution is -0.140. The van der Waals surface area contributed by atoms with E-state index in [2.05, 4.69) is 11.8 Å². The molecule has 1 unspecified atom stereocenters. The fraction of sp³-hybridized carbons (Fsp3) is 0.933. The molecule has 1 fully saturated rings. The lowest BCUT2D eigenvalue weighted by Gasteiger charge is -2.25. The Labute approximate surface area is 123 Å². The SMILES string of the molecule is CC(CN)CN1CCCN(C(=O)COC(C)(C)C)CC1. The molecule has 1 aliphatic rings. The monoisotopic (exact) mass is 285 g/mol. The summed E-state index contributed by atoms with van der Waals surface area (Å²) in [5, 5.41) is 0. The van der Waals surface area contributed by atoms with Crippen molar-refractivity contribution in [2.45, 2.75) is 39.7 Å². The molecule has 118 valence electrons. The highest BCUT2D eigenvalue weighted by molar-refractivity contribution is 5.77. The Balaban J connectivity index is 2.37. The van der Waals surface area contributed by atoms with Gasteiger partial charge in [-0.3, -0.25) is 4.79 Å². The number of ether oxygens (including phenoxy) is 1. The van der Waals surface area contributed by atoms with Crippen molar-refractivity contribution in [1.29, 1.82) is 0 Å². The third-order valence-electron chi connectivity index (χ3n) is 3.54. The summed E-state index contributed by atoms with van der Waals surface area (Å²) in [5.74, 6) is 0.620. The molecule has 0 aromatic heterocycles. The predicted octanol–water partition coefficient (Wildman–Crippen LogP) is 0.931. The van der Waals surface area contributed by atoms with E-state index in [9.17, 15) is 4.79 Å². The fourth-order valence-electron chi connectivity index (χ4n) is 2.29. The van der Waals surface area contributed by atoms with Crippen LogP contribution in [0.1, 0.15) is 34.1 Å². The van der Waals surface area contributed by atoms with E-state index in [0.29, 0.717) is 5.92 Å². The maximum atomic E-state index is 12.1. The van der Waals surface area contributed by atoms with Crippen molar-refractivity contribution in [3.8, 4) is 0 Å². The van der Waals surface area contributed by atoms with Crippen LogP contribution in [0, 0.1) is 5.92 Å². The summed E-state index contributed by atoms with van der Waals surface area (Å²) in [4.78, 5) is 16.5. The van der Waals surface area contributed by atoms with Gasteiger partial charge < -0.3 is 20.3 Å². The van der Waals surface area contributed by atoms with E-state index in [4.69, 9.17) is 10.5 Å². The van der Waals surface area contributed by atoms with E-state index in [1.807, 2.05) is 25.7 Å². The van der Waals surface area contributed by atoms with Crippen molar-refractivity contribution < 1.29 is 9.53 Å². The maximum absolute atomic E-state index is 12.1. The Kier molecular flexibility index (Phi) is 6.92. The summed E-state index contributed by atoms with van der Waals surface area (Å²) in [7, 11) is 0. The highest BCUT2D eigenvalue weighted by Crippen LogP contribution is 2.09. The highest BCUT2D eigenvalue weighted by Gasteiger charge is 2.21. The first kappa shape index (κ1) is 17.4. The topological polar surface area (TPSA) is 58.8 Å². The second kappa shape index (κ2) is 7.96. The van der Waals surface area contributed by atoms with Gasteiger partial charge in [0, 0.05) is 26.2 Å². The molecule has 1 heterocycles. The van der Waals surface area contributed by atoms with Crippen molar-refractivity contribution in [1.82, 2.24) is 9.80 Å².